The number of nitrogens with zero attached hydrogens (tertiary/aromatic N) is 3. The zero-order valence-corrected chi connectivity index (χ0v) is 20.0. The van der Waals surface area contributed by atoms with Crippen LogP contribution in [0.3, 0.4) is 0 Å². The highest BCUT2D eigenvalue weighted by Crippen LogP contribution is 2.38. The first-order chi connectivity index (χ1) is 16.1. The van der Waals surface area contributed by atoms with Gasteiger partial charge in [-0.1, -0.05) is 12.1 Å². The van der Waals surface area contributed by atoms with Crippen LogP contribution in [0.15, 0.2) is 54.9 Å². The second-order valence-electron chi connectivity index (χ2n) is 7.13. The van der Waals surface area contributed by atoms with E-state index < -0.39 is 23.5 Å². The maximum absolute atomic E-state index is 13.5. The van der Waals surface area contributed by atoms with Crippen LogP contribution in [0.25, 0.3) is 10.6 Å². The largest absolute Gasteiger partial charge is 0.489 e. The molecule has 34 heavy (non-hydrogen) atoms. The Balaban J connectivity index is 1.62. The number of halogens is 5. The van der Waals surface area contributed by atoms with Crippen molar-refractivity contribution in [2.75, 3.05) is 0 Å². The monoisotopic (exact) mass is 603 g/mol. The fourth-order valence-electron chi connectivity index (χ4n) is 2.98. The molecule has 2 heterocycles. The number of benzene rings is 2. The third kappa shape index (κ3) is 5.73. The van der Waals surface area contributed by atoms with Gasteiger partial charge in [0.25, 0.3) is 0 Å². The number of carbonyl (C=O) groups is 1. The van der Waals surface area contributed by atoms with Crippen molar-refractivity contribution in [2.24, 2.45) is 0 Å². The molecule has 2 aromatic carbocycles. The summed E-state index contributed by atoms with van der Waals surface area (Å²) in [6, 6.07) is 8.84. The molecule has 176 valence electrons. The summed E-state index contributed by atoms with van der Waals surface area (Å²) in [4.78, 5) is 15.5. The Hall–Kier alpha value is -3.00. The molecule has 0 amide bonds. The number of carboxylic acids is 1. The molecular weight excluding hydrogens is 589 g/mol. The average molecular weight is 603 g/mol. The zero-order valence-electron chi connectivity index (χ0n) is 17.0. The third-order valence-corrected chi connectivity index (χ3v) is 6.86. The Kier molecular flexibility index (Phi) is 6.89. The van der Waals surface area contributed by atoms with Crippen molar-refractivity contribution < 1.29 is 32.2 Å². The lowest BCUT2D eigenvalue weighted by molar-refractivity contribution is -0.137. The fraction of sp³-hybridized carbons (Fsp3) is 0.136. The van der Waals surface area contributed by atoms with Crippen molar-refractivity contribution in [2.45, 2.75) is 19.3 Å². The number of carboxylic acid groups (broad SMARTS) is 1. The third-order valence-electron chi connectivity index (χ3n) is 4.64. The number of rotatable bonds is 7. The van der Waals surface area contributed by atoms with Gasteiger partial charge in [-0.25, -0.2) is 14.2 Å². The molecule has 0 atom stereocenters. The first-order valence-electron chi connectivity index (χ1n) is 9.59. The lowest BCUT2D eigenvalue weighted by atomic mass is 10.1. The summed E-state index contributed by atoms with van der Waals surface area (Å²) >= 11 is 3.23. The maximum atomic E-state index is 13.5. The molecule has 0 aliphatic rings. The summed E-state index contributed by atoms with van der Waals surface area (Å²) in [6.07, 6.45) is -2.04. The first kappa shape index (κ1) is 24.1. The highest BCUT2D eigenvalue weighted by Gasteiger charge is 2.32. The predicted octanol–water partition coefficient (Wildman–Crippen LogP) is 6.09. The molecule has 0 unspecified atom stereocenters. The van der Waals surface area contributed by atoms with Gasteiger partial charge >= 0.3 is 12.1 Å². The van der Waals surface area contributed by atoms with Crippen LogP contribution >= 0.6 is 33.9 Å². The van der Waals surface area contributed by atoms with Crippen molar-refractivity contribution in [1.29, 1.82) is 0 Å². The summed E-state index contributed by atoms with van der Waals surface area (Å²) in [5, 5.41) is 13.4. The molecule has 0 saturated heterocycles. The number of aromatic carboxylic acids is 1. The van der Waals surface area contributed by atoms with Gasteiger partial charge < -0.3 is 9.84 Å². The number of hydrogen-bond acceptors (Lipinski definition) is 5. The molecule has 0 fully saturated rings. The minimum atomic E-state index is -4.60. The van der Waals surface area contributed by atoms with E-state index in [1.807, 2.05) is 22.6 Å². The smallest absolute Gasteiger partial charge is 0.416 e. The van der Waals surface area contributed by atoms with Crippen LogP contribution in [-0.2, 0) is 19.3 Å². The molecule has 12 heteroatoms. The Bertz CT molecular complexity index is 1340. The van der Waals surface area contributed by atoms with Crippen LogP contribution in [0.4, 0.5) is 17.6 Å². The van der Waals surface area contributed by atoms with Gasteiger partial charge in [-0.3, -0.25) is 4.68 Å². The van der Waals surface area contributed by atoms with Crippen LogP contribution < -0.4 is 4.74 Å². The quantitative estimate of drug-likeness (QED) is 0.204. The number of alkyl halides is 3. The van der Waals surface area contributed by atoms with E-state index in [1.54, 1.807) is 0 Å². The molecule has 0 aliphatic carbocycles. The van der Waals surface area contributed by atoms with Gasteiger partial charge in [0.1, 0.15) is 23.2 Å². The first-order valence-corrected chi connectivity index (χ1v) is 11.5. The summed E-state index contributed by atoms with van der Waals surface area (Å²) < 4.78 is 61.4. The van der Waals surface area contributed by atoms with Gasteiger partial charge in [0, 0.05) is 11.8 Å². The molecule has 1 N–H and O–H groups in total. The molecular formula is C22H14F4IN3O3S. The Labute approximate surface area is 208 Å². The van der Waals surface area contributed by atoms with Gasteiger partial charge in [0.15, 0.2) is 0 Å². The van der Waals surface area contributed by atoms with Gasteiger partial charge in [-0.2, -0.15) is 18.3 Å². The molecule has 0 saturated carbocycles. The number of thiazole rings is 1. The summed E-state index contributed by atoms with van der Waals surface area (Å²) in [5.74, 6) is -1.54. The molecule has 4 aromatic rings. The standard InChI is InChI=1S/C22H14F4IN3O3S/c23-16-3-1-12(2-4-16)11-33-17-6-13(5-15(7-17)22(24,25)26)20-29-18(19(27)34-20)10-30-9-14(8-28-30)21(31)32/h1-9H,10-11H2,(H,31,32). The second-order valence-corrected chi connectivity index (χ2v) is 9.94. The number of aromatic nitrogens is 3. The Morgan fingerprint density at radius 2 is 1.91 bits per heavy atom. The van der Waals surface area contributed by atoms with E-state index in [0.717, 1.165) is 15.0 Å². The van der Waals surface area contributed by atoms with E-state index in [2.05, 4.69) is 10.1 Å². The lowest BCUT2D eigenvalue weighted by Gasteiger charge is -2.12. The van der Waals surface area contributed by atoms with Crippen LogP contribution in [0, 0.1) is 8.70 Å². The minimum absolute atomic E-state index is 0.000848. The van der Waals surface area contributed by atoms with E-state index in [9.17, 15) is 22.4 Å². The van der Waals surface area contributed by atoms with Crippen LogP contribution in [0.1, 0.15) is 27.2 Å². The summed E-state index contributed by atoms with van der Waals surface area (Å²) in [7, 11) is 0. The average Bonchev–Trinajstić information content (AvgIpc) is 3.40. The second kappa shape index (κ2) is 9.70. The Morgan fingerprint density at radius 1 is 1.18 bits per heavy atom. The topological polar surface area (TPSA) is 77.2 Å². The number of ether oxygens (including phenoxy) is 1. The van der Waals surface area contributed by atoms with Crippen molar-refractivity contribution in [3.05, 3.63) is 85.9 Å². The highest BCUT2D eigenvalue weighted by atomic mass is 127. The molecule has 0 bridgehead atoms. The number of hydrogen-bond donors (Lipinski definition) is 1. The maximum Gasteiger partial charge on any atom is 0.416 e. The predicted molar refractivity (Wildman–Crippen MR) is 124 cm³/mol. The van der Waals surface area contributed by atoms with E-state index >= 15 is 0 Å². The minimum Gasteiger partial charge on any atom is -0.489 e. The van der Waals surface area contributed by atoms with Crippen LogP contribution in [0.5, 0.6) is 5.75 Å². The van der Waals surface area contributed by atoms with Crippen molar-refractivity contribution in [3.63, 3.8) is 0 Å². The zero-order chi connectivity index (χ0) is 24.5. The molecule has 2 aromatic heterocycles. The van der Waals surface area contributed by atoms with Gasteiger partial charge in [0.05, 0.1) is 32.4 Å². The van der Waals surface area contributed by atoms with E-state index in [4.69, 9.17) is 9.84 Å². The van der Waals surface area contributed by atoms with E-state index in [-0.39, 0.29) is 30.0 Å². The van der Waals surface area contributed by atoms with E-state index in [0.29, 0.717) is 16.3 Å². The van der Waals surface area contributed by atoms with Crippen LogP contribution in [-0.4, -0.2) is 25.8 Å². The van der Waals surface area contributed by atoms with E-state index in [1.165, 1.54) is 58.7 Å². The molecule has 4 rings (SSSR count). The molecule has 0 radical (unpaired) electrons. The normalized spacial score (nSPS) is 11.6. The molecule has 6 nitrogen and oxygen atoms in total. The van der Waals surface area contributed by atoms with Crippen molar-refractivity contribution in [1.82, 2.24) is 14.8 Å². The van der Waals surface area contributed by atoms with Crippen LogP contribution in [0.2, 0.25) is 0 Å². The Morgan fingerprint density at radius 3 is 2.56 bits per heavy atom. The fourth-order valence-corrected chi connectivity index (χ4v) is 4.69. The summed E-state index contributed by atoms with van der Waals surface area (Å²) in [6.45, 7) is 0.127. The van der Waals surface area contributed by atoms with Crippen molar-refractivity contribution in [3.8, 4) is 16.3 Å². The van der Waals surface area contributed by atoms with Crippen molar-refractivity contribution >= 4 is 39.9 Å². The van der Waals surface area contributed by atoms with Gasteiger partial charge in [-0.15, -0.1) is 11.3 Å². The van der Waals surface area contributed by atoms with Gasteiger partial charge in [0.2, 0.25) is 0 Å². The lowest BCUT2D eigenvalue weighted by Crippen LogP contribution is -2.06. The molecule has 0 aliphatic heterocycles. The highest BCUT2D eigenvalue weighted by molar-refractivity contribution is 14.1. The summed E-state index contributed by atoms with van der Waals surface area (Å²) in [5.41, 5.74) is 0.512. The SMILES string of the molecule is O=C(O)c1cnn(Cc2nc(-c3cc(OCc4ccc(F)cc4)cc(C(F)(F)F)c3)sc2I)c1. The molecule has 0 spiro atoms. The van der Waals surface area contributed by atoms with Gasteiger partial charge in [-0.05, 0) is 58.5 Å².